The minimum Gasteiger partial charge on any atom is -0.433 e. The first-order valence-corrected chi connectivity index (χ1v) is 9.69. The first kappa shape index (κ1) is 19.6. The fourth-order valence-corrected chi connectivity index (χ4v) is 3.95. The van der Waals surface area contributed by atoms with Crippen LogP contribution in [0.1, 0.15) is 38.5 Å². The number of rotatable bonds is 8. The number of benzene rings is 1. The molecule has 0 bridgehead atoms. The minimum absolute atomic E-state index is 0.0202. The van der Waals surface area contributed by atoms with Gasteiger partial charge in [0, 0.05) is 19.0 Å². The van der Waals surface area contributed by atoms with Gasteiger partial charge in [0.1, 0.15) is 10.6 Å². The van der Waals surface area contributed by atoms with Crippen molar-refractivity contribution in [2.75, 3.05) is 6.54 Å². The van der Waals surface area contributed by atoms with Gasteiger partial charge in [0.15, 0.2) is 0 Å². The molecule has 1 amide bonds. The summed E-state index contributed by atoms with van der Waals surface area (Å²) in [5.41, 5.74) is 0. The molecule has 1 aliphatic carbocycles. The molecule has 1 aliphatic rings. The van der Waals surface area contributed by atoms with E-state index in [1.165, 1.54) is 24.6 Å². The highest BCUT2D eigenvalue weighted by atomic mass is 32.2. The Bertz CT molecular complexity index is 676. The number of sulfonamides is 1. The Morgan fingerprint density at radius 2 is 1.88 bits per heavy atom. The lowest BCUT2D eigenvalue weighted by Crippen LogP contribution is -2.38. The third-order valence-electron chi connectivity index (χ3n) is 3.97. The molecule has 0 saturated heterocycles. The molecular weight excluding hydrogens is 354 g/mol. The molecule has 2 N–H and O–H groups in total. The van der Waals surface area contributed by atoms with Crippen molar-refractivity contribution in [3.63, 3.8) is 0 Å². The van der Waals surface area contributed by atoms with Crippen molar-refractivity contribution in [3.05, 3.63) is 24.3 Å². The van der Waals surface area contributed by atoms with E-state index in [2.05, 4.69) is 14.8 Å². The summed E-state index contributed by atoms with van der Waals surface area (Å²) in [5.74, 6) is -0.664. The fraction of sp³-hybridized carbons (Fsp3) is 0.562. The zero-order valence-electron chi connectivity index (χ0n) is 13.7. The van der Waals surface area contributed by atoms with Gasteiger partial charge in [-0.1, -0.05) is 31.4 Å². The van der Waals surface area contributed by atoms with Crippen LogP contribution in [0.25, 0.3) is 0 Å². The average Bonchev–Trinajstić information content (AvgIpc) is 2.55. The Kier molecular flexibility index (Phi) is 7.12. The number of para-hydroxylation sites is 1. The number of nitrogens with one attached hydrogen (secondary N) is 2. The highest BCUT2D eigenvalue weighted by Crippen LogP contribution is 2.24. The number of halogens is 2. The average molecular weight is 376 g/mol. The molecule has 0 atom stereocenters. The van der Waals surface area contributed by atoms with Crippen LogP contribution in [0.5, 0.6) is 5.75 Å². The highest BCUT2D eigenvalue weighted by Gasteiger charge is 2.21. The zero-order chi connectivity index (χ0) is 18.3. The monoisotopic (exact) mass is 376 g/mol. The van der Waals surface area contributed by atoms with Crippen molar-refractivity contribution in [2.24, 2.45) is 0 Å². The van der Waals surface area contributed by atoms with E-state index in [1.54, 1.807) is 0 Å². The van der Waals surface area contributed by atoms with Crippen molar-refractivity contribution in [1.82, 2.24) is 10.0 Å². The molecule has 1 fully saturated rings. The Labute approximate surface area is 146 Å². The third kappa shape index (κ3) is 6.24. The number of ether oxygens (including phenoxy) is 1. The molecular formula is C16H22F2N2O4S. The first-order valence-electron chi connectivity index (χ1n) is 8.21. The van der Waals surface area contributed by atoms with E-state index < -0.39 is 22.4 Å². The molecule has 0 unspecified atom stereocenters. The lowest BCUT2D eigenvalue weighted by Gasteiger charge is -2.22. The fourth-order valence-electron chi connectivity index (χ4n) is 2.79. The molecule has 0 aromatic heterocycles. The third-order valence-corrected chi connectivity index (χ3v) is 5.47. The summed E-state index contributed by atoms with van der Waals surface area (Å²) in [5, 5.41) is 2.88. The Morgan fingerprint density at radius 1 is 1.20 bits per heavy atom. The van der Waals surface area contributed by atoms with Crippen LogP contribution in [-0.2, 0) is 14.8 Å². The molecule has 2 rings (SSSR count). The first-order chi connectivity index (χ1) is 11.9. The van der Waals surface area contributed by atoms with Crippen molar-refractivity contribution < 1.29 is 26.7 Å². The van der Waals surface area contributed by atoms with Gasteiger partial charge in [-0.05, 0) is 25.0 Å². The Morgan fingerprint density at radius 3 is 2.56 bits per heavy atom. The smallest absolute Gasteiger partial charge is 0.387 e. The van der Waals surface area contributed by atoms with E-state index in [9.17, 15) is 22.0 Å². The molecule has 1 aromatic rings. The van der Waals surface area contributed by atoms with Crippen LogP contribution in [0.2, 0.25) is 0 Å². The largest absolute Gasteiger partial charge is 0.433 e. The van der Waals surface area contributed by atoms with Gasteiger partial charge in [-0.2, -0.15) is 8.78 Å². The maximum absolute atomic E-state index is 12.4. The summed E-state index contributed by atoms with van der Waals surface area (Å²) in [7, 11) is -4.05. The van der Waals surface area contributed by atoms with Crippen LogP contribution in [0.3, 0.4) is 0 Å². The quantitative estimate of drug-likeness (QED) is 0.730. The number of alkyl halides is 2. The van der Waals surface area contributed by atoms with Crippen molar-refractivity contribution in [1.29, 1.82) is 0 Å². The standard InChI is InChI=1S/C16H22F2N2O4S/c17-16(18)24-13-8-4-5-9-14(13)25(22,23)19-11-10-15(21)20-12-6-2-1-3-7-12/h4-5,8-9,12,16,19H,1-3,6-7,10-11H2,(H,20,21). The predicted molar refractivity (Wildman–Crippen MR) is 87.9 cm³/mol. The molecule has 1 saturated carbocycles. The second kappa shape index (κ2) is 9.10. The van der Waals surface area contributed by atoms with Gasteiger partial charge in [0.25, 0.3) is 0 Å². The molecule has 140 valence electrons. The van der Waals surface area contributed by atoms with Crippen LogP contribution >= 0.6 is 0 Å². The second-order valence-electron chi connectivity index (χ2n) is 5.88. The number of carbonyl (C=O) groups excluding carboxylic acids is 1. The van der Waals surface area contributed by atoms with E-state index in [-0.39, 0.29) is 29.8 Å². The maximum Gasteiger partial charge on any atom is 0.387 e. The van der Waals surface area contributed by atoms with Gasteiger partial charge < -0.3 is 10.1 Å². The van der Waals surface area contributed by atoms with E-state index in [0.29, 0.717) is 0 Å². The van der Waals surface area contributed by atoms with Crippen LogP contribution in [0.15, 0.2) is 29.2 Å². The topological polar surface area (TPSA) is 84.5 Å². The minimum atomic E-state index is -4.05. The van der Waals surface area contributed by atoms with E-state index >= 15 is 0 Å². The summed E-state index contributed by atoms with van der Waals surface area (Å²) in [6.07, 6.45) is 5.20. The van der Waals surface area contributed by atoms with Gasteiger partial charge in [0.05, 0.1) is 0 Å². The number of carbonyl (C=O) groups is 1. The number of hydrogen-bond acceptors (Lipinski definition) is 4. The molecule has 9 heteroatoms. The van der Waals surface area contributed by atoms with Gasteiger partial charge in [-0.25, -0.2) is 13.1 Å². The van der Waals surface area contributed by atoms with E-state index in [4.69, 9.17) is 0 Å². The molecule has 25 heavy (non-hydrogen) atoms. The summed E-state index contributed by atoms with van der Waals surface area (Å²) in [6, 6.07) is 5.27. The Balaban J connectivity index is 1.88. The summed E-state index contributed by atoms with van der Waals surface area (Å²) in [4.78, 5) is 11.5. The van der Waals surface area contributed by atoms with Crippen LogP contribution in [0.4, 0.5) is 8.78 Å². The summed E-state index contributed by atoms with van der Waals surface area (Å²) in [6.45, 7) is -3.25. The number of amides is 1. The van der Waals surface area contributed by atoms with Crippen LogP contribution in [0, 0.1) is 0 Å². The van der Waals surface area contributed by atoms with Crippen LogP contribution < -0.4 is 14.8 Å². The zero-order valence-corrected chi connectivity index (χ0v) is 14.5. The van der Waals surface area contributed by atoms with Gasteiger partial charge in [-0.15, -0.1) is 0 Å². The summed E-state index contributed by atoms with van der Waals surface area (Å²) >= 11 is 0. The predicted octanol–water partition coefficient (Wildman–Crippen LogP) is 2.41. The highest BCUT2D eigenvalue weighted by molar-refractivity contribution is 7.89. The normalized spacial score (nSPS) is 16.0. The number of hydrogen-bond donors (Lipinski definition) is 2. The van der Waals surface area contributed by atoms with Crippen molar-refractivity contribution >= 4 is 15.9 Å². The second-order valence-corrected chi connectivity index (χ2v) is 7.61. The van der Waals surface area contributed by atoms with Crippen molar-refractivity contribution in [3.8, 4) is 5.75 Å². The van der Waals surface area contributed by atoms with Gasteiger partial charge in [-0.3, -0.25) is 4.79 Å². The van der Waals surface area contributed by atoms with Crippen LogP contribution in [-0.4, -0.2) is 33.5 Å². The van der Waals surface area contributed by atoms with Gasteiger partial charge >= 0.3 is 6.61 Å². The maximum atomic E-state index is 12.4. The van der Waals surface area contributed by atoms with Crippen molar-refractivity contribution in [2.45, 2.75) is 56.1 Å². The SMILES string of the molecule is O=C(CCNS(=O)(=O)c1ccccc1OC(F)F)NC1CCCCC1. The lowest BCUT2D eigenvalue weighted by atomic mass is 9.95. The molecule has 0 radical (unpaired) electrons. The lowest BCUT2D eigenvalue weighted by molar-refractivity contribution is -0.121. The molecule has 6 nitrogen and oxygen atoms in total. The molecule has 0 aliphatic heterocycles. The summed E-state index contributed by atoms with van der Waals surface area (Å²) < 4.78 is 55.7. The molecule has 1 aromatic carbocycles. The van der Waals surface area contributed by atoms with E-state index in [0.717, 1.165) is 31.7 Å². The van der Waals surface area contributed by atoms with Gasteiger partial charge in [0.2, 0.25) is 15.9 Å². The molecule has 0 spiro atoms. The Hall–Kier alpha value is -1.74. The molecule has 0 heterocycles. The van der Waals surface area contributed by atoms with E-state index in [1.807, 2.05) is 0 Å².